The SMILES string of the molecule is COc1ccc(-n2c(-c3ccccc3)nc3c(NS(=O)(=O)c4ccc(Cl)cc4)cc(OC(C)CCCC(=O)O)cc32)cc1. The summed E-state index contributed by atoms with van der Waals surface area (Å²) in [5, 5.41) is 9.44. The number of nitrogens with one attached hydrogen (secondary N) is 1. The van der Waals surface area contributed by atoms with Crippen molar-refractivity contribution in [2.45, 2.75) is 37.2 Å². The highest BCUT2D eigenvalue weighted by Crippen LogP contribution is 2.37. The predicted molar refractivity (Wildman–Crippen MR) is 167 cm³/mol. The number of carbonyl (C=O) groups is 1. The van der Waals surface area contributed by atoms with Crippen molar-refractivity contribution in [1.82, 2.24) is 9.55 Å². The molecule has 9 nitrogen and oxygen atoms in total. The molecule has 0 bridgehead atoms. The highest BCUT2D eigenvalue weighted by atomic mass is 35.5. The average molecular weight is 620 g/mol. The van der Waals surface area contributed by atoms with Gasteiger partial charge in [0.25, 0.3) is 10.0 Å². The molecule has 11 heteroatoms. The fraction of sp³-hybridized carbons (Fsp3) is 0.188. The number of carboxylic acid groups (broad SMARTS) is 1. The van der Waals surface area contributed by atoms with Crippen LogP contribution in [0.2, 0.25) is 5.02 Å². The van der Waals surface area contributed by atoms with Gasteiger partial charge >= 0.3 is 5.97 Å². The molecule has 222 valence electrons. The van der Waals surface area contributed by atoms with Crippen LogP contribution in [0.5, 0.6) is 11.5 Å². The summed E-state index contributed by atoms with van der Waals surface area (Å²) in [5.74, 6) is 0.812. The van der Waals surface area contributed by atoms with Gasteiger partial charge in [0.2, 0.25) is 0 Å². The van der Waals surface area contributed by atoms with E-state index in [4.69, 9.17) is 31.2 Å². The van der Waals surface area contributed by atoms with Gasteiger partial charge < -0.3 is 14.6 Å². The zero-order chi connectivity index (χ0) is 30.6. The van der Waals surface area contributed by atoms with E-state index in [1.807, 2.05) is 72.2 Å². The summed E-state index contributed by atoms with van der Waals surface area (Å²) in [4.78, 5) is 16.0. The van der Waals surface area contributed by atoms with Crippen molar-refractivity contribution in [3.8, 4) is 28.6 Å². The second kappa shape index (κ2) is 12.8. The molecule has 0 spiro atoms. The van der Waals surface area contributed by atoms with Gasteiger partial charge in [-0.1, -0.05) is 41.9 Å². The topological polar surface area (TPSA) is 120 Å². The van der Waals surface area contributed by atoms with Crippen molar-refractivity contribution in [1.29, 1.82) is 0 Å². The number of rotatable bonds is 12. The first-order valence-electron chi connectivity index (χ1n) is 13.6. The molecule has 0 fully saturated rings. The van der Waals surface area contributed by atoms with Crippen LogP contribution in [-0.2, 0) is 14.8 Å². The maximum absolute atomic E-state index is 13.5. The van der Waals surface area contributed by atoms with Crippen LogP contribution in [-0.4, -0.2) is 42.3 Å². The van der Waals surface area contributed by atoms with Crippen molar-refractivity contribution >= 4 is 44.3 Å². The Hall–Kier alpha value is -4.54. The van der Waals surface area contributed by atoms with Crippen molar-refractivity contribution in [2.75, 3.05) is 11.8 Å². The Morgan fingerprint density at radius 3 is 2.35 bits per heavy atom. The van der Waals surface area contributed by atoms with Crippen LogP contribution in [0.25, 0.3) is 28.1 Å². The zero-order valence-electron chi connectivity index (χ0n) is 23.5. The van der Waals surface area contributed by atoms with E-state index in [1.165, 1.54) is 24.3 Å². The summed E-state index contributed by atoms with van der Waals surface area (Å²) in [6.45, 7) is 1.85. The summed E-state index contributed by atoms with van der Waals surface area (Å²) in [5.41, 5.74) is 2.85. The molecule has 0 saturated carbocycles. The van der Waals surface area contributed by atoms with Gasteiger partial charge in [-0.3, -0.25) is 14.1 Å². The third-order valence-corrected chi connectivity index (χ3v) is 8.44. The minimum atomic E-state index is -4.03. The van der Waals surface area contributed by atoms with Crippen LogP contribution >= 0.6 is 11.6 Å². The summed E-state index contributed by atoms with van der Waals surface area (Å²) < 4.78 is 43.2. The molecule has 5 rings (SSSR count). The van der Waals surface area contributed by atoms with E-state index in [0.717, 1.165) is 11.3 Å². The largest absolute Gasteiger partial charge is 0.497 e. The molecule has 4 aromatic carbocycles. The zero-order valence-corrected chi connectivity index (χ0v) is 25.1. The van der Waals surface area contributed by atoms with Crippen LogP contribution in [0, 0.1) is 0 Å². The van der Waals surface area contributed by atoms with Crippen LogP contribution < -0.4 is 14.2 Å². The number of nitrogens with zero attached hydrogens (tertiary/aromatic N) is 2. The Labute approximate surface area is 254 Å². The molecule has 0 aliphatic carbocycles. The number of hydrogen-bond donors (Lipinski definition) is 2. The van der Waals surface area contributed by atoms with E-state index in [2.05, 4.69) is 4.72 Å². The van der Waals surface area contributed by atoms with Gasteiger partial charge in [-0.25, -0.2) is 13.4 Å². The summed E-state index contributed by atoms with van der Waals surface area (Å²) in [6, 6.07) is 26.3. The van der Waals surface area contributed by atoms with Crippen LogP contribution in [0.1, 0.15) is 26.2 Å². The highest BCUT2D eigenvalue weighted by molar-refractivity contribution is 7.92. The molecular weight excluding hydrogens is 590 g/mol. The third kappa shape index (κ3) is 6.93. The van der Waals surface area contributed by atoms with Crippen LogP contribution in [0.4, 0.5) is 5.69 Å². The Balaban J connectivity index is 1.68. The van der Waals surface area contributed by atoms with Gasteiger partial charge in [0.05, 0.1) is 29.3 Å². The molecule has 1 heterocycles. The van der Waals surface area contributed by atoms with E-state index in [9.17, 15) is 13.2 Å². The monoisotopic (exact) mass is 619 g/mol. The number of benzene rings is 4. The molecule has 0 radical (unpaired) electrons. The highest BCUT2D eigenvalue weighted by Gasteiger charge is 2.23. The maximum atomic E-state index is 13.5. The maximum Gasteiger partial charge on any atom is 0.303 e. The van der Waals surface area contributed by atoms with E-state index in [1.54, 1.807) is 13.2 Å². The molecule has 1 unspecified atom stereocenters. The summed E-state index contributed by atoms with van der Waals surface area (Å²) >= 11 is 5.99. The molecule has 1 atom stereocenters. The second-order valence-corrected chi connectivity index (χ2v) is 12.1. The minimum absolute atomic E-state index is 0.0313. The summed E-state index contributed by atoms with van der Waals surface area (Å²) in [6.07, 6.45) is 0.646. The molecule has 0 saturated heterocycles. The molecule has 0 amide bonds. The lowest BCUT2D eigenvalue weighted by molar-refractivity contribution is -0.137. The smallest absolute Gasteiger partial charge is 0.303 e. The number of imidazole rings is 1. The van der Waals surface area contributed by atoms with Gasteiger partial charge in [-0.2, -0.15) is 0 Å². The van der Waals surface area contributed by atoms with Gasteiger partial charge in [-0.15, -0.1) is 0 Å². The Kier molecular flexibility index (Phi) is 8.89. The number of methoxy groups -OCH3 is 1. The van der Waals surface area contributed by atoms with E-state index in [0.29, 0.717) is 46.2 Å². The lowest BCUT2D eigenvalue weighted by atomic mass is 10.1. The molecule has 5 aromatic rings. The first kappa shape index (κ1) is 29.9. The standard InChI is InChI=1S/C32H30ClN3O6S/c1-21(7-6-10-30(37)38)42-26-19-28(35-43(39,40)27-17-11-23(33)12-18-27)31-29(20-26)36(24-13-15-25(41-2)16-14-24)32(34-31)22-8-4-3-5-9-22/h3-5,8-9,11-21,35H,6-7,10H2,1-2H3,(H,37,38). The fourth-order valence-electron chi connectivity index (χ4n) is 4.72. The van der Waals surface area contributed by atoms with Crippen molar-refractivity contribution in [3.63, 3.8) is 0 Å². The van der Waals surface area contributed by atoms with Crippen molar-refractivity contribution < 1.29 is 27.8 Å². The molecule has 2 N–H and O–H groups in total. The van der Waals surface area contributed by atoms with Gasteiger partial charge in [0.1, 0.15) is 22.8 Å². The lowest BCUT2D eigenvalue weighted by Gasteiger charge is -2.17. The minimum Gasteiger partial charge on any atom is -0.497 e. The molecular formula is C32H30ClN3O6S. The number of hydrogen-bond acceptors (Lipinski definition) is 6. The number of fused-ring (bicyclic) bond motifs is 1. The molecule has 1 aromatic heterocycles. The Morgan fingerprint density at radius 1 is 1.00 bits per heavy atom. The number of ether oxygens (including phenoxy) is 2. The third-order valence-electron chi connectivity index (χ3n) is 6.80. The predicted octanol–water partition coefficient (Wildman–Crippen LogP) is 7.18. The summed E-state index contributed by atoms with van der Waals surface area (Å²) in [7, 11) is -2.43. The van der Waals surface area contributed by atoms with Gasteiger partial charge in [-0.05, 0) is 68.3 Å². The number of sulfonamides is 1. The average Bonchev–Trinajstić information content (AvgIpc) is 3.37. The molecule has 43 heavy (non-hydrogen) atoms. The van der Waals surface area contributed by atoms with Crippen molar-refractivity contribution in [3.05, 3.63) is 96.0 Å². The van der Waals surface area contributed by atoms with Crippen LogP contribution in [0.3, 0.4) is 0 Å². The second-order valence-electron chi connectivity index (χ2n) is 9.95. The number of carboxylic acids is 1. The van der Waals surface area contributed by atoms with E-state index in [-0.39, 0.29) is 23.1 Å². The van der Waals surface area contributed by atoms with Gasteiger partial charge in [0.15, 0.2) is 0 Å². The Bertz CT molecular complexity index is 1840. The first-order chi connectivity index (χ1) is 20.6. The van der Waals surface area contributed by atoms with E-state index >= 15 is 0 Å². The number of anilines is 1. The number of aromatic nitrogens is 2. The lowest BCUT2D eigenvalue weighted by Crippen LogP contribution is -2.15. The number of aliphatic carboxylic acids is 1. The normalized spacial score (nSPS) is 12.2. The van der Waals surface area contributed by atoms with Crippen molar-refractivity contribution in [2.24, 2.45) is 0 Å². The molecule has 0 aliphatic heterocycles. The fourth-order valence-corrected chi connectivity index (χ4v) is 5.90. The van der Waals surface area contributed by atoms with Gasteiger partial charge in [0, 0.05) is 34.8 Å². The van der Waals surface area contributed by atoms with E-state index < -0.39 is 16.0 Å². The van der Waals surface area contributed by atoms with Crippen LogP contribution in [0.15, 0.2) is 95.9 Å². The quantitative estimate of drug-likeness (QED) is 0.152. The number of halogens is 1. The first-order valence-corrected chi connectivity index (χ1v) is 15.4. The Morgan fingerprint density at radius 2 is 1.70 bits per heavy atom. The molecule has 0 aliphatic rings.